The molecule has 2 rings (SSSR count). The summed E-state index contributed by atoms with van der Waals surface area (Å²) in [6, 6.07) is 15.3. The fourth-order valence-corrected chi connectivity index (χ4v) is 3.67. The van der Waals surface area contributed by atoms with Gasteiger partial charge < -0.3 is 10.1 Å². The average molecular weight is 362 g/mol. The second kappa shape index (κ2) is 9.32. The van der Waals surface area contributed by atoms with E-state index in [1.54, 1.807) is 19.2 Å². The van der Waals surface area contributed by atoms with Gasteiger partial charge in [0, 0.05) is 17.9 Å². The Kier molecular flexibility index (Phi) is 7.13. The van der Waals surface area contributed by atoms with E-state index in [0.717, 1.165) is 30.8 Å². The van der Waals surface area contributed by atoms with Crippen LogP contribution < -0.4 is 14.8 Å². The van der Waals surface area contributed by atoms with Crippen LogP contribution in [0.2, 0.25) is 0 Å². The molecule has 0 aliphatic rings. The van der Waals surface area contributed by atoms with E-state index < -0.39 is 10.0 Å². The zero-order valence-corrected chi connectivity index (χ0v) is 15.6. The van der Waals surface area contributed by atoms with Gasteiger partial charge >= 0.3 is 0 Å². The molecule has 0 aromatic heterocycles. The van der Waals surface area contributed by atoms with Crippen molar-refractivity contribution in [2.24, 2.45) is 0 Å². The first-order chi connectivity index (χ1) is 12.0. The fraction of sp³-hybridized carbons (Fsp3) is 0.368. The number of hydrogen-bond donors (Lipinski definition) is 2. The number of benzene rings is 2. The Morgan fingerprint density at radius 3 is 2.44 bits per heavy atom. The standard InChI is InChI=1S/C19H26N2O3S/c1-3-4-14-25(22,23)21-18-10-8-17(9-11-18)20-13-12-16-6-5-7-19(15-16)24-2/h5-11,15,20-21H,3-4,12-14H2,1-2H3. The van der Waals surface area contributed by atoms with Crippen molar-refractivity contribution in [1.82, 2.24) is 0 Å². The number of hydrogen-bond acceptors (Lipinski definition) is 4. The molecule has 0 bridgehead atoms. The minimum atomic E-state index is -3.25. The number of anilines is 2. The van der Waals surface area contributed by atoms with Crippen molar-refractivity contribution in [1.29, 1.82) is 0 Å². The normalized spacial score (nSPS) is 11.1. The van der Waals surface area contributed by atoms with Crippen LogP contribution in [0, 0.1) is 0 Å². The lowest BCUT2D eigenvalue weighted by atomic mass is 10.1. The van der Waals surface area contributed by atoms with E-state index in [0.29, 0.717) is 12.1 Å². The Morgan fingerprint density at radius 1 is 1.04 bits per heavy atom. The van der Waals surface area contributed by atoms with Crippen LogP contribution in [0.3, 0.4) is 0 Å². The number of nitrogens with one attached hydrogen (secondary N) is 2. The Morgan fingerprint density at radius 2 is 1.76 bits per heavy atom. The first kappa shape index (κ1) is 19.1. The molecule has 0 saturated heterocycles. The van der Waals surface area contributed by atoms with Crippen LogP contribution in [0.5, 0.6) is 5.75 Å². The van der Waals surface area contributed by atoms with Crippen LogP contribution in [-0.4, -0.2) is 27.8 Å². The zero-order valence-electron chi connectivity index (χ0n) is 14.8. The second-order valence-electron chi connectivity index (χ2n) is 5.88. The SMILES string of the molecule is CCCCS(=O)(=O)Nc1ccc(NCCc2cccc(OC)c2)cc1. The Labute approximate surface area is 150 Å². The van der Waals surface area contributed by atoms with E-state index in [-0.39, 0.29) is 5.75 Å². The van der Waals surface area contributed by atoms with Crippen LogP contribution >= 0.6 is 0 Å². The van der Waals surface area contributed by atoms with Crippen LogP contribution in [-0.2, 0) is 16.4 Å². The Hall–Kier alpha value is -2.21. The van der Waals surface area contributed by atoms with Gasteiger partial charge in [-0.3, -0.25) is 4.72 Å². The van der Waals surface area contributed by atoms with Gasteiger partial charge in [0.1, 0.15) is 5.75 Å². The molecule has 0 aliphatic heterocycles. The summed E-state index contributed by atoms with van der Waals surface area (Å²) in [5.41, 5.74) is 2.75. The van der Waals surface area contributed by atoms with Crippen molar-refractivity contribution in [2.75, 3.05) is 29.4 Å². The van der Waals surface area contributed by atoms with E-state index in [1.807, 2.05) is 37.3 Å². The highest BCUT2D eigenvalue weighted by atomic mass is 32.2. The maximum absolute atomic E-state index is 11.9. The number of unbranched alkanes of at least 4 members (excludes halogenated alkanes) is 1. The molecule has 0 saturated carbocycles. The van der Waals surface area contributed by atoms with Gasteiger partial charge in [0.2, 0.25) is 10.0 Å². The predicted molar refractivity (Wildman–Crippen MR) is 104 cm³/mol. The first-order valence-electron chi connectivity index (χ1n) is 8.50. The smallest absolute Gasteiger partial charge is 0.232 e. The van der Waals surface area contributed by atoms with Gasteiger partial charge in [0.05, 0.1) is 12.9 Å². The van der Waals surface area contributed by atoms with Gasteiger partial charge in [-0.2, -0.15) is 0 Å². The first-order valence-corrected chi connectivity index (χ1v) is 10.1. The van der Waals surface area contributed by atoms with Crippen molar-refractivity contribution < 1.29 is 13.2 Å². The monoisotopic (exact) mass is 362 g/mol. The number of methoxy groups -OCH3 is 1. The summed E-state index contributed by atoms with van der Waals surface area (Å²) in [4.78, 5) is 0. The highest BCUT2D eigenvalue weighted by Gasteiger charge is 2.09. The van der Waals surface area contributed by atoms with E-state index in [9.17, 15) is 8.42 Å². The van der Waals surface area contributed by atoms with Crippen molar-refractivity contribution in [3.8, 4) is 5.75 Å². The van der Waals surface area contributed by atoms with Crippen molar-refractivity contribution in [2.45, 2.75) is 26.2 Å². The molecular formula is C19H26N2O3S. The van der Waals surface area contributed by atoms with E-state index in [1.165, 1.54) is 5.56 Å². The molecule has 136 valence electrons. The fourth-order valence-electron chi connectivity index (χ4n) is 2.40. The molecule has 0 unspecified atom stereocenters. The molecule has 2 aromatic carbocycles. The maximum atomic E-state index is 11.9. The van der Waals surface area contributed by atoms with Crippen molar-refractivity contribution in [3.63, 3.8) is 0 Å². The molecule has 0 spiro atoms. The largest absolute Gasteiger partial charge is 0.497 e. The third kappa shape index (κ3) is 6.66. The highest BCUT2D eigenvalue weighted by Crippen LogP contribution is 2.16. The van der Waals surface area contributed by atoms with Gasteiger partial charge in [-0.25, -0.2) is 8.42 Å². The van der Waals surface area contributed by atoms with Gasteiger partial charge in [0.15, 0.2) is 0 Å². The summed E-state index contributed by atoms with van der Waals surface area (Å²) in [6.07, 6.45) is 2.40. The van der Waals surface area contributed by atoms with Gasteiger partial charge in [-0.05, 0) is 54.8 Å². The number of rotatable bonds is 10. The van der Waals surface area contributed by atoms with Crippen LogP contribution in [0.25, 0.3) is 0 Å². The van der Waals surface area contributed by atoms with E-state index >= 15 is 0 Å². The lowest BCUT2D eigenvalue weighted by Crippen LogP contribution is -2.16. The third-order valence-corrected chi connectivity index (χ3v) is 5.17. The van der Waals surface area contributed by atoms with Crippen LogP contribution in [0.15, 0.2) is 48.5 Å². The minimum absolute atomic E-state index is 0.157. The molecule has 25 heavy (non-hydrogen) atoms. The minimum Gasteiger partial charge on any atom is -0.497 e. The predicted octanol–water partition coefficient (Wildman–Crippen LogP) is 3.89. The summed E-state index contributed by atoms with van der Waals surface area (Å²) < 4.78 is 31.6. The average Bonchev–Trinajstić information content (AvgIpc) is 2.61. The quantitative estimate of drug-likeness (QED) is 0.673. The molecular weight excluding hydrogens is 336 g/mol. The zero-order chi connectivity index (χ0) is 18.1. The Bertz CT molecular complexity index is 758. The number of sulfonamides is 1. The van der Waals surface area contributed by atoms with Crippen LogP contribution in [0.1, 0.15) is 25.3 Å². The van der Waals surface area contributed by atoms with Gasteiger partial charge in [-0.1, -0.05) is 25.5 Å². The maximum Gasteiger partial charge on any atom is 0.232 e. The topological polar surface area (TPSA) is 67.4 Å². The molecule has 0 heterocycles. The van der Waals surface area contributed by atoms with Crippen molar-refractivity contribution in [3.05, 3.63) is 54.1 Å². The summed E-state index contributed by atoms with van der Waals surface area (Å²) in [6.45, 7) is 2.76. The van der Waals surface area contributed by atoms with E-state index in [4.69, 9.17) is 4.74 Å². The van der Waals surface area contributed by atoms with Gasteiger partial charge in [0.25, 0.3) is 0 Å². The van der Waals surface area contributed by atoms with Crippen LogP contribution in [0.4, 0.5) is 11.4 Å². The molecule has 0 atom stereocenters. The lowest BCUT2D eigenvalue weighted by Gasteiger charge is -2.10. The molecule has 2 N–H and O–H groups in total. The molecule has 0 fully saturated rings. The Balaban J connectivity index is 1.83. The summed E-state index contributed by atoms with van der Waals surface area (Å²) in [7, 11) is -1.59. The molecule has 5 nitrogen and oxygen atoms in total. The lowest BCUT2D eigenvalue weighted by molar-refractivity contribution is 0.414. The highest BCUT2D eigenvalue weighted by molar-refractivity contribution is 7.92. The molecule has 0 radical (unpaired) electrons. The molecule has 6 heteroatoms. The molecule has 2 aromatic rings. The summed E-state index contributed by atoms with van der Waals surface area (Å²) >= 11 is 0. The van der Waals surface area contributed by atoms with Gasteiger partial charge in [-0.15, -0.1) is 0 Å². The number of ether oxygens (including phenoxy) is 1. The van der Waals surface area contributed by atoms with Crippen molar-refractivity contribution >= 4 is 21.4 Å². The second-order valence-corrected chi connectivity index (χ2v) is 7.72. The molecule has 0 aliphatic carbocycles. The van der Waals surface area contributed by atoms with E-state index in [2.05, 4.69) is 16.1 Å². The summed E-state index contributed by atoms with van der Waals surface area (Å²) in [5, 5.41) is 3.34. The summed E-state index contributed by atoms with van der Waals surface area (Å²) in [5.74, 6) is 1.02. The third-order valence-electron chi connectivity index (χ3n) is 3.80. The molecule has 0 amide bonds.